The molecule has 154 valence electrons. The Morgan fingerprint density at radius 2 is 1.86 bits per heavy atom. The van der Waals surface area contributed by atoms with Crippen molar-refractivity contribution < 1.29 is 0 Å². The van der Waals surface area contributed by atoms with Gasteiger partial charge in [0.05, 0.1) is 0 Å². The summed E-state index contributed by atoms with van der Waals surface area (Å²) in [5.41, 5.74) is 4.63. The highest BCUT2D eigenvalue weighted by Crippen LogP contribution is 2.28. The summed E-state index contributed by atoms with van der Waals surface area (Å²) in [6.07, 6.45) is 6.31. The Balaban J connectivity index is 1.48. The number of piperazine rings is 1. The summed E-state index contributed by atoms with van der Waals surface area (Å²) in [6.45, 7) is 8.81. The van der Waals surface area contributed by atoms with E-state index in [1.165, 1.54) is 17.5 Å². The molecule has 6 nitrogen and oxygen atoms in total. The van der Waals surface area contributed by atoms with Crippen LogP contribution in [0.1, 0.15) is 25.3 Å². The van der Waals surface area contributed by atoms with Gasteiger partial charge in [-0.15, -0.1) is 0 Å². The molecular formula is C23H32N6. The van der Waals surface area contributed by atoms with Crippen molar-refractivity contribution in [1.82, 2.24) is 24.8 Å². The van der Waals surface area contributed by atoms with Crippen LogP contribution in [0.3, 0.4) is 0 Å². The zero-order chi connectivity index (χ0) is 20.2. The van der Waals surface area contributed by atoms with E-state index in [9.17, 15) is 0 Å². The van der Waals surface area contributed by atoms with Gasteiger partial charge >= 0.3 is 0 Å². The third kappa shape index (κ3) is 4.60. The predicted molar refractivity (Wildman–Crippen MR) is 120 cm³/mol. The number of aromatic amines is 1. The molecule has 0 unspecified atom stereocenters. The second-order valence-corrected chi connectivity index (χ2v) is 8.19. The summed E-state index contributed by atoms with van der Waals surface area (Å²) in [7, 11) is 4.25. The minimum Gasteiger partial charge on any atom is -0.345 e. The highest BCUT2D eigenvalue weighted by atomic mass is 15.2. The molecule has 0 spiro atoms. The summed E-state index contributed by atoms with van der Waals surface area (Å²) in [4.78, 5) is 19.7. The topological polar surface area (TPSA) is 51.3 Å². The van der Waals surface area contributed by atoms with E-state index >= 15 is 0 Å². The van der Waals surface area contributed by atoms with Gasteiger partial charge in [-0.3, -0.25) is 4.90 Å². The SMILES string of the molecule is CCCCN(C)c1ncc2c(-c3ccc(CN4CCN(C)CC4)cc3)c[nH]c2n1. The molecule has 0 aliphatic carbocycles. The highest BCUT2D eigenvalue weighted by molar-refractivity contribution is 5.93. The summed E-state index contributed by atoms with van der Waals surface area (Å²) < 4.78 is 0. The third-order valence-corrected chi connectivity index (χ3v) is 5.87. The van der Waals surface area contributed by atoms with Gasteiger partial charge in [-0.05, 0) is 24.6 Å². The monoisotopic (exact) mass is 392 g/mol. The number of likely N-dealkylation sites (N-methyl/N-ethyl adjacent to an activating group) is 1. The quantitative estimate of drug-likeness (QED) is 0.666. The second-order valence-electron chi connectivity index (χ2n) is 8.19. The van der Waals surface area contributed by atoms with E-state index in [-0.39, 0.29) is 0 Å². The molecule has 29 heavy (non-hydrogen) atoms. The van der Waals surface area contributed by atoms with E-state index in [0.29, 0.717) is 0 Å². The predicted octanol–water partition coefficient (Wildman–Crippen LogP) is 3.61. The maximum absolute atomic E-state index is 4.72. The summed E-state index contributed by atoms with van der Waals surface area (Å²) in [5, 5.41) is 1.07. The van der Waals surface area contributed by atoms with E-state index in [0.717, 1.165) is 68.2 Å². The maximum atomic E-state index is 4.72. The summed E-state index contributed by atoms with van der Waals surface area (Å²) in [5.74, 6) is 0.780. The number of benzene rings is 1. The van der Waals surface area contributed by atoms with E-state index in [1.807, 2.05) is 12.4 Å². The van der Waals surface area contributed by atoms with Gasteiger partial charge < -0.3 is 14.8 Å². The van der Waals surface area contributed by atoms with Gasteiger partial charge in [0.15, 0.2) is 0 Å². The van der Waals surface area contributed by atoms with Gasteiger partial charge in [-0.1, -0.05) is 37.6 Å². The smallest absolute Gasteiger partial charge is 0.227 e. The number of H-pyrrole nitrogens is 1. The number of unbranched alkanes of at least 4 members (excludes halogenated alkanes) is 1. The van der Waals surface area contributed by atoms with Crippen LogP contribution in [-0.2, 0) is 6.54 Å². The van der Waals surface area contributed by atoms with E-state index in [2.05, 4.69) is 70.0 Å². The minimum absolute atomic E-state index is 0.780. The number of rotatable bonds is 7. The van der Waals surface area contributed by atoms with Crippen LogP contribution in [0.4, 0.5) is 5.95 Å². The largest absolute Gasteiger partial charge is 0.345 e. The van der Waals surface area contributed by atoms with Crippen molar-refractivity contribution in [3.8, 4) is 11.1 Å². The number of nitrogens with zero attached hydrogens (tertiary/aromatic N) is 5. The number of nitrogens with one attached hydrogen (secondary N) is 1. The van der Waals surface area contributed by atoms with Crippen molar-refractivity contribution >= 4 is 17.0 Å². The molecule has 0 saturated carbocycles. The molecular weight excluding hydrogens is 360 g/mol. The Morgan fingerprint density at radius 3 is 2.59 bits per heavy atom. The molecule has 2 aromatic heterocycles. The average Bonchev–Trinajstić information content (AvgIpc) is 3.17. The van der Waals surface area contributed by atoms with Gasteiger partial charge in [-0.2, -0.15) is 4.98 Å². The van der Waals surface area contributed by atoms with Gasteiger partial charge in [0, 0.05) is 69.7 Å². The van der Waals surface area contributed by atoms with Crippen LogP contribution >= 0.6 is 0 Å². The molecule has 1 aromatic carbocycles. The Labute approximate surface area is 173 Å². The second kappa shape index (κ2) is 8.93. The maximum Gasteiger partial charge on any atom is 0.227 e. The Kier molecular flexibility index (Phi) is 6.11. The van der Waals surface area contributed by atoms with Gasteiger partial charge in [0.2, 0.25) is 5.95 Å². The summed E-state index contributed by atoms with van der Waals surface area (Å²) in [6, 6.07) is 8.94. The number of hydrogen-bond acceptors (Lipinski definition) is 5. The average molecular weight is 393 g/mol. The lowest BCUT2D eigenvalue weighted by Crippen LogP contribution is -2.43. The molecule has 6 heteroatoms. The van der Waals surface area contributed by atoms with Crippen molar-refractivity contribution in [2.45, 2.75) is 26.3 Å². The number of fused-ring (bicyclic) bond motifs is 1. The van der Waals surface area contributed by atoms with Crippen LogP contribution < -0.4 is 4.90 Å². The van der Waals surface area contributed by atoms with Crippen molar-refractivity contribution in [2.75, 3.05) is 51.7 Å². The highest BCUT2D eigenvalue weighted by Gasteiger charge is 2.14. The van der Waals surface area contributed by atoms with Crippen LogP contribution in [0.2, 0.25) is 0 Å². The first kappa shape index (κ1) is 19.9. The first-order valence-corrected chi connectivity index (χ1v) is 10.7. The molecule has 0 bridgehead atoms. The zero-order valence-corrected chi connectivity index (χ0v) is 17.9. The molecule has 3 aromatic rings. The number of anilines is 1. The molecule has 0 atom stereocenters. The van der Waals surface area contributed by atoms with Crippen LogP contribution in [0.5, 0.6) is 0 Å². The molecule has 3 heterocycles. The van der Waals surface area contributed by atoms with E-state index in [4.69, 9.17) is 4.98 Å². The van der Waals surface area contributed by atoms with E-state index < -0.39 is 0 Å². The third-order valence-electron chi connectivity index (χ3n) is 5.87. The zero-order valence-electron chi connectivity index (χ0n) is 17.9. The van der Waals surface area contributed by atoms with Gasteiger partial charge in [0.25, 0.3) is 0 Å². The van der Waals surface area contributed by atoms with Gasteiger partial charge in [-0.25, -0.2) is 4.98 Å². The molecule has 0 amide bonds. The molecule has 1 saturated heterocycles. The fourth-order valence-corrected chi connectivity index (χ4v) is 3.87. The molecule has 1 aliphatic rings. The lowest BCUT2D eigenvalue weighted by molar-refractivity contribution is 0.148. The molecule has 1 aliphatic heterocycles. The Bertz CT molecular complexity index is 924. The van der Waals surface area contributed by atoms with Crippen LogP contribution in [0, 0.1) is 0 Å². The van der Waals surface area contributed by atoms with Crippen molar-refractivity contribution in [2.24, 2.45) is 0 Å². The van der Waals surface area contributed by atoms with Crippen molar-refractivity contribution in [3.05, 3.63) is 42.2 Å². The molecule has 1 N–H and O–H groups in total. The van der Waals surface area contributed by atoms with E-state index in [1.54, 1.807) is 0 Å². The van der Waals surface area contributed by atoms with Crippen molar-refractivity contribution in [3.63, 3.8) is 0 Å². The first-order chi connectivity index (χ1) is 14.1. The fraction of sp³-hybridized carbons (Fsp3) is 0.478. The van der Waals surface area contributed by atoms with Crippen LogP contribution in [0.15, 0.2) is 36.7 Å². The lowest BCUT2D eigenvalue weighted by Gasteiger charge is -2.32. The first-order valence-electron chi connectivity index (χ1n) is 10.7. The lowest BCUT2D eigenvalue weighted by atomic mass is 10.0. The fourth-order valence-electron chi connectivity index (χ4n) is 3.87. The van der Waals surface area contributed by atoms with Gasteiger partial charge in [0.1, 0.15) is 5.65 Å². The number of aromatic nitrogens is 3. The van der Waals surface area contributed by atoms with Crippen LogP contribution in [-0.4, -0.2) is 71.6 Å². The van der Waals surface area contributed by atoms with Crippen molar-refractivity contribution in [1.29, 1.82) is 0 Å². The molecule has 1 fully saturated rings. The normalized spacial score (nSPS) is 15.8. The number of hydrogen-bond donors (Lipinski definition) is 1. The van der Waals surface area contributed by atoms with Crippen LogP contribution in [0.25, 0.3) is 22.2 Å². The standard InChI is InChI=1S/C23H32N6/c1-4-5-10-28(3)23-25-16-21-20(15-24-22(21)26-23)19-8-6-18(7-9-19)17-29-13-11-27(2)12-14-29/h6-9,15-16H,4-5,10-14,17H2,1-3H3,(H,24,25,26). The summed E-state index contributed by atoms with van der Waals surface area (Å²) >= 11 is 0. The molecule has 4 rings (SSSR count). The Hall–Kier alpha value is -2.44. The molecule has 0 radical (unpaired) electrons. The Morgan fingerprint density at radius 1 is 1.10 bits per heavy atom. The minimum atomic E-state index is 0.780.